The molecule has 4 nitrogen and oxygen atoms in total. The largest absolute Gasteiger partial charge is 0.396 e. The molecule has 2 aromatic carbocycles. The van der Waals surface area contributed by atoms with Crippen LogP contribution < -0.4 is 10.6 Å². The third-order valence-corrected chi connectivity index (χ3v) is 4.67. The van der Waals surface area contributed by atoms with Crippen molar-refractivity contribution in [3.63, 3.8) is 0 Å². The molecule has 0 saturated heterocycles. The zero-order valence-corrected chi connectivity index (χ0v) is 13.7. The quantitative estimate of drug-likeness (QED) is 0.761. The predicted octanol–water partition coefficient (Wildman–Crippen LogP) is 1.98. The molecule has 0 saturated carbocycles. The highest BCUT2D eigenvalue weighted by atomic mass is 16.3. The standard InChI is InChI=1S/C20H24N2O2/c23-11-10-18(15-6-2-1-3-7-15)14-22-20(24)19-12-16-8-4-5-9-17(16)13-21-19/h1-9,18-19,21,23H,10-14H2,(H,22,24). The van der Waals surface area contributed by atoms with Crippen LogP contribution in [0.1, 0.15) is 29.0 Å². The number of aliphatic hydroxyl groups excluding tert-OH is 1. The molecule has 24 heavy (non-hydrogen) atoms. The molecule has 1 aliphatic rings. The van der Waals surface area contributed by atoms with Crippen molar-refractivity contribution in [1.82, 2.24) is 10.6 Å². The Bertz CT molecular complexity index is 672. The second-order valence-corrected chi connectivity index (χ2v) is 6.27. The average molecular weight is 324 g/mol. The van der Waals surface area contributed by atoms with E-state index in [1.807, 2.05) is 42.5 Å². The Hall–Kier alpha value is -2.17. The number of amides is 1. The van der Waals surface area contributed by atoms with Crippen molar-refractivity contribution in [2.45, 2.75) is 31.3 Å². The van der Waals surface area contributed by atoms with Gasteiger partial charge < -0.3 is 15.7 Å². The maximum atomic E-state index is 12.5. The first kappa shape index (κ1) is 16.7. The Balaban J connectivity index is 1.58. The third kappa shape index (κ3) is 4.02. The minimum Gasteiger partial charge on any atom is -0.396 e. The first-order valence-corrected chi connectivity index (χ1v) is 8.51. The fourth-order valence-electron chi connectivity index (χ4n) is 3.25. The highest BCUT2D eigenvalue weighted by molar-refractivity contribution is 5.82. The molecule has 0 bridgehead atoms. The normalized spacial score (nSPS) is 17.8. The number of hydrogen-bond acceptors (Lipinski definition) is 3. The van der Waals surface area contributed by atoms with Crippen molar-refractivity contribution < 1.29 is 9.90 Å². The van der Waals surface area contributed by atoms with Crippen molar-refractivity contribution in [3.05, 3.63) is 71.3 Å². The van der Waals surface area contributed by atoms with Gasteiger partial charge in [-0.3, -0.25) is 4.79 Å². The maximum Gasteiger partial charge on any atom is 0.237 e. The Morgan fingerprint density at radius 2 is 1.83 bits per heavy atom. The molecule has 3 N–H and O–H groups in total. The number of carbonyl (C=O) groups is 1. The summed E-state index contributed by atoms with van der Waals surface area (Å²) >= 11 is 0. The second kappa shape index (κ2) is 8.08. The van der Waals surface area contributed by atoms with Crippen LogP contribution in [0, 0.1) is 0 Å². The molecule has 0 fully saturated rings. The van der Waals surface area contributed by atoms with E-state index in [2.05, 4.69) is 22.8 Å². The Morgan fingerprint density at radius 3 is 2.58 bits per heavy atom. The zero-order chi connectivity index (χ0) is 16.8. The molecule has 2 atom stereocenters. The van der Waals surface area contributed by atoms with Gasteiger partial charge in [0.05, 0.1) is 6.04 Å². The van der Waals surface area contributed by atoms with Crippen molar-refractivity contribution in [2.24, 2.45) is 0 Å². The van der Waals surface area contributed by atoms with Gasteiger partial charge in [-0.2, -0.15) is 0 Å². The topological polar surface area (TPSA) is 61.4 Å². The van der Waals surface area contributed by atoms with Crippen LogP contribution in [0.15, 0.2) is 54.6 Å². The van der Waals surface area contributed by atoms with Gasteiger partial charge in [0.25, 0.3) is 0 Å². The first-order valence-electron chi connectivity index (χ1n) is 8.51. The molecule has 1 heterocycles. The number of benzene rings is 2. The van der Waals surface area contributed by atoms with Crippen LogP contribution in [-0.2, 0) is 17.8 Å². The highest BCUT2D eigenvalue weighted by Crippen LogP contribution is 2.19. The van der Waals surface area contributed by atoms with Gasteiger partial charge in [-0.25, -0.2) is 0 Å². The van der Waals surface area contributed by atoms with E-state index in [-0.39, 0.29) is 24.5 Å². The van der Waals surface area contributed by atoms with Gasteiger partial charge in [0.1, 0.15) is 0 Å². The number of fused-ring (bicyclic) bond motifs is 1. The fraction of sp³-hybridized carbons (Fsp3) is 0.350. The summed E-state index contributed by atoms with van der Waals surface area (Å²) in [5, 5.41) is 15.7. The molecule has 0 spiro atoms. The predicted molar refractivity (Wildman–Crippen MR) is 94.7 cm³/mol. The van der Waals surface area contributed by atoms with Crippen LogP contribution in [0.5, 0.6) is 0 Å². The molecule has 126 valence electrons. The fourth-order valence-corrected chi connectivity index (χ4v) is 3.25. The highest BCUT2D eigenvalue weighted by Gasteiger charge is 2.24. The molecular formula is C20H24N2O2. The molecule has 1 aliphatic heterocycles. The smallest absolute Gasteiger partial charge is 0.237 e. The van der Waals surface area contributed by atoms with E-state index in [9.17, 15) is 9.90 Å². The van der Waals surface area contributed by atoms with Crippen LogP contribution in [0.4, 0.5) is 0 Å². The van der Waals surface area contributed by atoms with E-state index in [0.29, 0.717) is 13.0 Å². The van der Waals surface area contributed by atoms with E-state index in [1.54, 1.807) is 0 Å². The van der Waals surface area contributed by atoms with Crippen LogP contribution >= 0.6 is 0 Å². The monoisotopic (exact) mass is 324 g/mol. The number of hydrogen-bond donors (Lipinski definition) is 3. The van der Waals surface area contributed by atoms with Crippen molar-refractivity contribution in [2.75, 3.05) is 13.2 Å². The van der Waals surface area contributed by atoms with E-state index < -0.39 is 0 Å². The summed E-state index contributed by atoms with van der Waals surface area (Å²) < 4.78 is 0. The van der Waals surface area contributed by atoms with E-state index in [0.717, 1.165) is 18.5 Å². The van der Waals surface area contributed by atoms with Gasteiger partial charge in [0.2, 0.25) is 5.91 Å². The lowest BCUT2D eigenvalue weighted by molar-refractivity contribution is -0.123. The molecule has 1 amide bonds. The minimum atomic E-state index is -0.189. The van der Waals surface area contributed by atoms with E-state index >= 15 is 0 Å². The van der Waals surface area contributed by atoms with Gasteiger partial charge in [0.15, 0.2) is 0 Å². The van der Waals surface area contributed by atoms with Gasteiger partial charge in [-0.15, -0.1) is 0 Å². The molecular weight excluding hydrogens is 300 g/mol. The minimum absolute atomic E-state index is 0.0309. The number of nitrogens with one attached hydrogen (secondary N) is 2. The zero-order valence-electron chi connectivity index (χ0n) is 13.7. The van der Waals surface area contributed by atoms with Gasteiger partial charge in [-0.1, -0.05) is 54.6 Å². The van der Waals surface area contributed by atoms with Crippen molar-refractivity contribution in [1.29, 1.82) is 0 Å². The summed E-state index contributed by atoms with van der Waals surface area (Å²) in [4.78, 5) is 12.5. The van der Waals surface area contributed by atoms with Gasteiger partial charge >= 0.3 is 0 Å². The summed E-state index contributed by atoms with van der Waals surface area (Å²) in [6.45, 7) is 1.39. The summed E-state index contributed by atoms with van der Waals surface area (Å²) in [6.07, 6.45) is 1.36. The average Bonchev–Trinajstić information content (AvgIpc) is 2.65. The molecule has 4 heteroatoms. The summed E-state index contributed by atoms with van der Waals surface area (Å²) in [7, 11) is 0. The summed E-state index contributed by atoms with van der Waals surface area (Å²) in [6, 6.07) is 18.1. The number of aliphatic hydroxyl groups is 1. The third-order valence-electron chi connectivity index (χ3n) is 4.67. The molecule has 0 radical (unpaired) electrons. The maximum absolute atomic E-state index is 12.5. The van der Waals surface area contributed by atoms with Crippen molar-refractivity contribution in [3.8, 4) is 0 Å². The lowest BCUT2D eigenvalue weighted by Gasteiger charge is -2.26. The van der Waals surface area contributed by atoms with Crippen LogP contribution in [0.3, 0.4) is 0 Å². The molecule has 2 aromatic rings. The molecule has 0 aromatic heterocycles. The Kier molecular flexibility index (Phi) is 5.62. The molecule has 0 aliphatic carbocycles. The van der Waals surface area contributed by atoms with E-state index in [1.165, 1.54) is 11.1 Å². The van der Waals surface area contributed by atoms with E-state index in [4.69, 9.17) is 0 Å². The SMILES string of the molecule is O=C(NCC(CCO)c1ccccc1)C1Cc2ccccc2CN1. The first-order chi connectivity index (χ1) is 11.8. The summed E-state index contributed by atoms with van der Waals surface area (Å²) in [5.41, 5.74) is 3.66. The lowest BCUT2D eigenvalue weighted by atomic mass is 9.94. The van der Waals surface area contributed by atoms with Crippen LogP contribution in [0.2, 0.25) is 0 Å². The van der Waals surface area contributed by atoms with Crippen molar-refractivity contribution >= 4 is 5.91 Å². The Morgan fingerprint density at radius 1 is 1.12 bits per heavy atom. The summed E-state index contributed by atoms with van der Waals surface area (Å²) in [5.74, 6) is 0.166. The number of carbonyl (C=O) groups excluding carboxylic acids is 1. The lowest BCUT2D eigenvalue weighted by Crippen LogP contribution is -2.48. The Labute approximate surface area is 142 Å². The number of rotatable bonds is 6. The van der Waals surface area contributed by atoms with Gasteiger partial charge in [-0.05, 0) is 29.5 Å². The second-order valence-electron chi connectivity index (χ2n) is 6.27. The molecule has 3 rings (SSSR count). The van der Waals surface area contributed by atoms with Crippen LogP contribution in [-0.4, -0.2) is 30.2 Å². The van der Waals surface area contributed by atoms with Crippen LogP contribution in [0.25, 0.3) is 0 Å². The van der Waals surface area contributed by atoms with Gasteiger partial charge in [0, 0.05) is 25.6 Å². The molecule has 2 unspecified atom stereocenters.